The Morgan fingerprint density at radius 1 is 1.30 bits per heavy atom. The predicted octanol–water partition coefficient (Wildman–Crippen LogP) is 3.38. The number of thioether (sulfide) groups is 1. The number of pyridine rings is 2. The van der Waals surface area contributed by atoms with Crippen molar-refractivity contribution < 1.29 is 19.1 Å². The van der Waals surface area contributed by atoms with Crippen molar-refractivity contribution in [2.45, 2.75) is 44.8 Å². The minimum atomic E-state index is -0.405. The molecule has 0 saturated carbocycles. The van der Waals surface area contributed by atoms with Crippen molar-refractivity contribution in [3.8, 4) is 11.9 Å². The summed E-state index contributed by atoms with van der Waals surface area (Å²) in [6, 6.07) is 5.60. The number of methoxy groups -OCH3 is 2. The lowest BCUT2D eigenvalue weighted by Gasteiger charge is -2.29. The standard InChI is InChI=1S/C26H32N6O4S/c1-35-21-8-10-31(25(21)33)16-19-12-18-6-4-9-32(23(18)30-24(19)36-2)26(34)29-22-13-17(7-5-11-37-3)20(14-27)15-28-22/h12-13,15,21H,4-11,16H2,1-3H3,(H,28,29,34)/t21-/m1/s1. The topological polar surface area (TPSA) is 121 Å². The van der Waals surface area contributed by atoms with Crippen LogP contribution in [0.1, 0.15) is 41.5 Å². The number of likely N-dealkylation sites (tertiary alicyclic amines) is 1. The maximum absolute atomic E-state index is 13.3. The van der Waals surface area contributed by atoms with Crippen LogP contribution in [0, 0.1) is 11.3 Å². The smallest absolute Gasteiger partial charge is 0.328 e. The molecular weight excluding hydrogens is 492 g/mol. The van der Waals surface area contributed by atoms with Crippen LogP contribution in [-0.4, -0.2) is 72.2 Å². The number of amides is 3. The van der Waals surface area contributed by atoms with E-state index < -0.39 is 6.10 Å². The maximum atomic E-state index is 13.3. The molecule has 4 heterocycles. The summed E-state index contributed by atoms with van der Waals surface area (Å²) < 4.78 is 10.8. The molecule has 4 rings (SSSR count). The molecule has 2 aliphatic rings. The quantitative estimate of drug-likeness (QED) is 0.496. The molecule has 3 amide bonds. The number of hydrogen-bond acceptors (Lipinski definition) is 8. The molecule has 2 aliphatic heterocycles. The number of carbonyl (C=O) groups is 2. The van der Waals surface area contributed by atoms with Crippen LogP contribution in [0.25, 0.3) is 0 Å². The zero-order valence-corrected chi connectivity index (χ0v) is 22.3. The van der Waals surface area contributed by atoms with E-state index >= 15 is 0 Å². The molecule has 2 aromatic heterocycles. The molecule has 10 nitrogen and oxygen atoms in total. The van der Waals surface area contributed by atoms with Crippen molar-refractivity contribution in [3.63, 3.8) is 0 Å². The van der Waals surface area contributed by atoms with Gasteiger partial charge in [-0.1, -0.05) is 0 Å². The van der Waals surface area contributed by atoms with Gasteiger partial charge in [-0.05, 0) is 61.0 Å². The van der Waals surface area contributed by atoms with E-state index in [1.54, 1.807) is 34.7 Å². The van der Waals surface area contributed by atoms with Gasteiger partial charge in [-0.3, -0.25) is 15.0 Å². The van der Waals surface area contributed by atoms with Gasteiger partial charge in [0.1, 0.15) is 23.8 Å². The fourth-order valence-corrected chi connectivity index (χ4v) is 5.20. The van der Waals surface area contributed by atoms with Crippen molar-refractivity contribution in [1.82, 2.24) is 14.9 Å². The summed E-state index contributed by atoms with van der Waals surface area (Å²) in [6.07, 6.45) is 7.05. The van der Waals surface area contributed by atoms with Crippen molar-refractivity contribution in [2.24, 2.45) is 0 Å². The third-order valence-corrected chi connectivity index (χ3v) is 7.37. The molecule has 0 unspecified atom stereocenters. The summed E-state index contributed by atoms with van der Waals surface area (Å²) >= 11 is 1.76. The first-order valence-corrected chi connectivity index (χ1v) is 13.7. The van der Waals surface area contributed by atoms with Crippen molar-refractivity contribution in [3.05, 3.63) is 40.6 Å². The second-order valence-corrected chi connectivity index (χ2v) is 10.0. The van der Waals surface area contributed by atoms with Crippen LogP contribution in [0.2, 0.25) is 0 Å². The Morgan fingerprint density at radius 2 is 2.14 bits per heavy atom. The highest BCUT2D eigenvalue weighted by atomic mass is 32.2. The van der Waals surface area contributed by atoms with Gasteiger partial charge in [-0.2, -0.15) is 22.0 Å². The predicted molar refractivity (Wildman–Crippen MR) is 142 cm³/mol. The van der Waals surface area contributed by atoms with E-state index in [1.165, 1.54) is 13.3 Å². The number of aromatic nitrogens is 2. The molecule has 0 bridgehead atoms. The first-order valence-electron chi connectivity index (χ1n) is 12.3. The second-order valence-electron chi connectivity index (χ2n) is 9.03. The molecule has 1 atom stereocenters. The number of hydrogen-bond donors (Lipinski definition) is 1. The lowest BCUT2D eigenvalue weighted by molar-refractivity contribution is -0.136. The molecule has 196 valence electrons. The SMILES string of the molecule is COc1nc2c(cc1CN1CC[C@@H](OC)C1=O)CCCN2C(=O)Nc1cc(CCCSC)c(C#N)cn1. The van der Waals surface area contributed by atoms with Gasteiger partial charge in [-0.25, -0.2) is 9.78 Å². The van der Waals surface area contributed by atoms with Crippen LogP contribution in [0.15, 0.2) is 18.3 Å². The Bertz CT molecular complexity index is 1200. The molecule has 11 heteroatoms. The molecule has 1 saturated heterocycles. The van der Waals surface area contributed by atoms with Gasteiger partial charge in [0.2, 0.25) is 5.88 Å². The third kappa shape index (κ3) is 5.97. The van der Waals surface area contributed by atoms with Gasteiger partial charge in [0.05, 0.1) is 19.2 Å². The maximum Gasteiger partial charge on any atom is 0.328 e. The molecule has 0 spiro atoms. The van der Waals surface area contributed by atoms with Gasteiger partial charge in [0.15, 0.2) is 0 Å². The van der Waals surface area contributed by atoms with E-state index in [0.29, 0.717) is 49.1 Å². The van der Waals surface area contributed by atoms with Crippen molar-refractivity contribution in [1.29, 1.82) is 5.26 Å². The summed E-state index contributed by atoms with van der Waals surface area (Å²) in [6.45, 7) is 1.50. The Balaban J connectivity index is 1.53. The summed E-state index contributed by atoms with van der Waals surface area (Å²) in [5.41, 5.74) is 3.13. The number of nitrogens with one attached hydrogen (secondary N) is 1. The number of nitrogens with zero attached hydrogens (tertiary/aromatic N) is 5. The number of fused-ring (bicyclic) bond motifs is 1. The molecular formula is C26H32N6O4S. The lowest BCUT2D eigenvalue weighted by Crippen LogP contribution is -2.39. The highest BCUT2D eigenvalue weighted by Crippen LogP contribution is 2.32. The van der Waals surface area contributed by atoms with E-state index in [1.807, 2.05) is 6.07 Å². The van der Waals surface area contributed by atoms with Gasteiger partial charge in [-0.15, -0.1) is 0 Å². The van der Waals surface area contributed by atoms with E-state index in [0.717, 1.165) is 48.1 Å². The fraction of sp³-hybridized carbons (Fsp3) is 0.500. The highest BCUT2D eigenvalue weighted by Gasteiger charge is 2.33. The number of aryl methyl sites for hydroxylation is 2. The number of anilines is 2. The van der Waals surface area contributed by atoms with Crippen LogP contribution in [0.4, 0.5) is 16.4 Å². The van der Waals surface area contributed by atoms with Crippen LogP contribution >= 0.6 is 11.8 Å². The average molecular weight is 525 g/mol. The zero-order valence-electron chi connectivity index (χ0n) is 21.5. The van der Waals surface area contributed by atoms with Gasteiger partial charge >= 0.3 is 6.03 Å². The summed E-state index contributed by atoms with van der Waals surface area (Å²) in [4.78, 5) is 38.1. The number of ether oxygens (including phenoxy) is 2. The van der Waals surface area contributed by atoms with Crippen LogP contribution in [0.3, 0.4) is 0 Å². The molecule has 2 aromatic rings. The normalized spacial score (nSPS) is 16.9. The molecule has 0 aliphatic carbocycles. The number of carbonyl (C=O) groups excluding carboxylic acids is 2. The average Bonchev–Trinajstić information content (AvgIpc) is 3.26. The Labute approximate surface area is 221 Å². The van der Waals surface area contributed by atoms with Crippen LogP contribution in [0.5, 0.6) is 5.88 Å². The van der Waals surface area contributed by atoms with Crippen molar-refractivity contribution >= 4 is 35.3 Å². The first kappa shape index (κ1) is 26.7. The van der Waals surface area contributed by atoms with E-state index in [4.69, 9.17) is 9.47 Å². The second kappa shape index (κ2) is 12.3. The first-order chi connectivity index (χ1) is 18.0. The third-order valence-electron chi connectivity index (χ3n) is 6.67. The summed E-state index contributed by atoms with van der Waals surface area (Å²) in [5.74, 6) is 2.29. The minimum absolute atomic E-state index is 0.0361. The van der Waals surface area contributed by atoms with Gasteiger partial charge in [0.25, 0.3) is 5.91 Å². The van der Waals surface area contributed by atoms with Crippen molar-refractivity contribution in [2.75, 3.05) is 49.5 Å². The number of nitriles is 1. The highest BCUT2D eigenvalue weighted by molar-refractivity contribution is 7.98. The molecule has 1 N–H and O–H groups in total. The zero-order chi connectivity index (χ0) is 26.4. The Morgan fingerprint density at radius 3 is 2.84 bits per heavy atom. The largest absolute Gasteiger partial charge is 0.481 e. The monoisotopic (exact) mass is 524 g/mol. The Hall–Kier alpha value is -3.36. The summed E-state index contributed by atoms with van der Waals surface area (Å²) in [7, 11) is 3.08. The van der Waals surface area contributed by atoms with Crippen LogP contribution in [-0.2, 0) is 28.9 Å². The number of rotatable bonds is 9. The van der Waals surface area contributed by atoms with Gasteiger partial charge in [0, 0.05) is 38.4 Å². The molecule has 1 fully saturated rings. The molecule has 37 heavy (non-hydrogen) atoms. The Kier molecular flexibility index (Phi) is 8.84. The van der Waals surface area contributed by atoms with Gasteiger partial charge < -0.3 is 14.4 Å². The van der Waals surface area contributed by atoms with E-state index in [-0.39, 0.29) is 11.9 Å². The fourth-order valence-electron chi connectivity index (χ4n) is 4.76. The molecule has 0 aromatic carbocycles. The van der Waals surface area contributed by atoms with E-state index in [9.17, 15) is 14.9 Å². The van der Waals surface area contributed by atoms with Crippen LogP contribution < -0.4 is 15.0 Å². The lowest BCUT2D eigenvalue weighted by atomic mass is 10.0. The molecule has 0 radical (unpaired) electrons. The summed E-state index contributed by atoms with van der Waals surface area (Å²) in [5, 5.41) is 12.3. The number of urea groups is 1. The van der Waals surface area contributed by atoms with E-state index in [2.05, 4.69) is 27.6 Å². The minimum Gasteiger partial charge on any atom is -0.481 e.